The molecule has 0 atom stereocenters. The molecule has 1 aromatic carbocycles. The first-order valence-electron chi connectivity index (χ1n) is 6.72. The van der Waals surface area contributed by atoms with Crippen LogP contribution in [0.5, 0.6) is 0 Å². The van der Waals surface area contributed by atoms with Crippen molar-refractivity contribution in [3.8, 4) is 0 Å². The standard InChI is InChI=1S/C15H22N2O/c1-11(2)15(18)17-9-7-12(8-10-17)13-5-3-4-6-14(13)16/h3-6,11-12H,7-10,16H2,1-2H3. The molecule has 1 fully saturated rings. The second kappa shape index (κ2) is 5.42. The number of hydrogen-bond acceptors (Lipinski definition) is 2. The van der Waals surface area contributed by atoms with E-state index in [1.165, 1.54) is 5.56 Å². The summed E-state index contributed by atoms with van der Waals surface area (Å²) in [4.78, 5) is 13.9. The maximum Gasteiger partial charge on any atom is 0.225 e. The lowest BCUT2D eigenvalue weighted by atomic mass is 9.88. The molecular weight excluding hydrogens is 224 g/mol. The number of nitrogens with zero attached hydrogens (tertiary/aromatic N) is 1. The average Bonchev–Trinajstić information content (AvgIpc) is 2.38. The highest BCUT2D eigenvalue weighted by atomic mass is 16.2. The number of rotatable bonds is 2. The fourth-order valence-corrected chi connectivity index (χ4v) is 2.66. The van der Waals surface area contributed by atoms with Gasteiger partial charge in [-0.25, -0.2) is 0 Å². The van der Waals surface area contributed by atoms with Gasteiger partial charge < -0.3 is 10.6 Å². The van der Waals surface area contributed by atoms with Crippen LogP contribution in [0.25, 0.3) is 0 Å². The molecule has 3 heteroatoms. The zero-order valence-electron chi connectivity index (χ0n) is 11.2. The van der Waals surface area contributed by atoms with Crippen molar-refractivity contribution >= 4 is 11.6 Å². The monoisotopic (exact) mass is 246 g/mol. The highest BCUT2D eigenvalue weighted by Gasteiger charge is 2.25. The minimum atomic E-state index is 0.100. The van der Waals surface area contributed by atoms with Gasteiger partial charge in [-0.2, -0.15) is 0 Å². The first kappa shape index (κ1) is 12.9. The van der Waals surface area contributed by atoms with E-state index in [0.717, 1.165) is 31.6 Å². The van der Waals surface area contributed by atoms with Crippen LogP contribution in [0.4, 0.5) is 5.69 Å². The van der Waals surface area contributed by atoms with Gasteiger partial charge in [0.1, 0.15) is 0 Å². The Morgan fingerprint density at radius 3 is 2.44 bits per heavy atom. The number of amides is 1. The zero-order chi connectivity index (χ0) is 13.1. The molecule has 1 saturated heterocycles. The summed E-state index contributed by atoms with van der Waals surface area (Å²) in [5.41, 5.74) is 8.14. The Balaban J connectivity index is 1.99. The van der Waals surface area contributed by atoms with E-state index >= 15 is 0 Å². The van der Waals surface area contributed by atoms with E-state index in [1.54, 1.807) is 0 Å². The highest BCUT2D eigenvalue weighted by Crippen LogP contribution is 2.31. The number of para-hydroxylation sites is 1. The van der Waals surface area contributed by atoms with Crippen molar-refractivity contribution in [3.63, 3.8) is 0 Å². The van der Waals surface area contributed by atoms with Gasteiger partial charge in [0.25, 0.3) is 0 Å². The molecule has 1 amide bonds. The van der Waals surface area contributed by atoms with Crippen LogP contribution in [0, 0.1) is 5.92 Å². The Kier molecular flexibility index (Phi) is 3.90. The van der Waals surface area contributed by atoms with Gasteiger partial charge in [0.15, 0.2) is 0 Å². The van der Waals surface area contributed by atoms with E-state index in [1.807, 2.05) is 36.9 Å². The fraction of sp³-hybridized carbons (Fsp3) is 0.533. The number of benzene rings is 1. The predicted molar refractivity (Wildman–Crippen MR) is 74.2 cm³/mol. The molecule has 0 bridgehead atoms. The molecule has 1 aromatic rings. The van der Waals surface area contributed by atoms with Crippen molar-refractivity contribution in [2.24, 2.45) is 5.92 Å². The third-order valence-corrected chi connectivity index (χ3v) is 3.74. The van der Waals surface area contributed by atoms with Gasteiger partial charge in [-0.1, -0.05) is 32.0 Å². The molecule has 1 aliphatic heterocycles. The van der Waals surface area contributed by atoms with Gasteiger partial charge in [-0.3, -0.25) is 4.79 Å². The maximum absolute atomic E-state index is 11.9. The largest absolute Gasteiger partial charge is 0.398 e. The fourth-order valence-electron chi connectivity index (χ4n) is 2.66. The Morgan fingerprint density at radius 1 is 1.28 bits per heavy atom. The van der Waals surface area contributed by atoms with Gasteiger partial charge in [0.2, 0.25) is 5.91 Å². The molecule has 18 heavy (non-hydrogen) atoms. The lowest BCUT2D eigenvalue weighted by molar-refractivity contribution is -0.135. The lowest BCUT2D eigenvalue weighted by Gasteiger charge is -2.33. The molecule has 0 saturated carbocycles. The van der Waals surface area contributed by atoms with Crippen molar-refractivity contribution in [3.05, 3.63) is 29.8 Å². The number of nitrogens with two attached hydrogens (primary N) is 1. The summed E-state index contributed by atoms with van der Waals surface area (Å²) in [5.74, 6) is 0.875. The summed E-state index contributed by atoms with van der Waals surface area (Å²) in [6, 6.07) is 8.08. The maximum atomic E-state index is 11.9. The predicted octanol–water partition coefficient (Wildman–Crippen LogP) is 2.63. The second-order valence-corrected chi connectivity index (χ2v) is 5.38. The summed E-state index contributed by atoms with van der Waals surface area (Å²) in [5, 5.41) is 0. The smallest absolute Gasteiger partial charge is 0.225 e. The molecule has 0 aromatic heterocycles. The van der Waals surface area contributed by atoms with Crippen molar-refractivity contribution in [1.82, 2.24) is 4.90 Å². The summed E-state index contributed by atoms with van der Waals surface area (Å²) < 4.78 is 0. The Labute approximate surface area is 109 Å². The third kappa shape index (κ3) is 2.66. The second-order valence-electron chi connectivity index (χ2n) is 5.38. The van der Waals surface area contributed by atoms with Crippen LogP contribution in [0.3, 0.4) is 0 Å². The summed E-state index contributed by atoms with van der Waals surface area (Å²) in [6.07, 6.45) is 2.04. The molecule has 1 heterocycles. The summed E-state index contributed by atoms with van der Waals surface area (Å²) >= 11 is 0. The lowest BCUT2D eigenvalue weighted by Crippen LogP contribution is -2.40. The number of piperidine rings is 1. The Bertz CT molecular complexity index is 420. The third-order valence-electron chi connectivity index (χ3n) is 3.74. The number of anilines is 1. The number of carbonyl (C=O) groups excluding carboxylic acids is 1. The van der Waals surface area contributed by atoms with Crippen LogP contribution in [0.15, 0.2) is 24.3 Å². The van der Waals surface area contributed by atoms with E-state index in [9.17, 15) is 4.79 Å². The van der Waals surface area contributed by atoms with E-state index in [4.69, 9.17) is 5.73 Å². The van der Waals surface area contributed by atoms with Gasteiger partial charge in [0, 0.05) is 24.7 Å². The molecule has 0 spiro atoms. The molecular formula is C15H22N2O. The molecule has 3 nitrogen and oxygen atoms in total. The highest BCUT2D eigenvalue weighted by molar-refractivity contribution is 5.78. The molecule has 0 radical (unpaired) electrons. The average molecular weight is 246 g/mol. The number of carbonyl (C=O) groups is 1. The van der Waals surface area contributed by atoms with Gasteiger partial charge in [-0.15, -0.1) is 0 Å². The molecule has 0 unspecified atom stereocenters. The molecule has 1 aliphatic rings. The summed E-state index contributed by atoms with van der Waals surface area (Å²) in [6.45, 7) is 5.64. The van der Waals surface area contributed by atoms with Crippen LogP contribution in [0.2, 0.25) is 0 Å². The van der Waals surface area contributed by atoms with Gasteiger partial charge in [0.05, 0.1) is 0 Å². The molecule has 2 N–H and O–H groups in total. The minimum absolute atomic E-state index is 0.100. The first-order valence-corrected chi connectivity index (χ1v) is 6.72. The van der Waals surface area contributed by atoms with E-state index in [2.05, 4.69) is 6.07 Å². The van der Waals surface area contributed by atoms with Crippen LogP contribution < -0.4 is 5.73 Å². The molecule has 98 valence electrons. The van der Waals surface area contributed by atoms with Gasteiger partial charge >= 0.3 is 0 Å². The van der Waals surface area contributed by atoms with Crippen molar-refractivity contribution in [2.45, 2.75) is 32.6 Å². The van der Waals surface area contributed by atoms with Crippen LogP contribution in [0.1, 0.15) is 38.2 Å². The summed E-state index contributed by atoms with van der Waals surface area (Å²) in [7, 11) is 0. The van der Waals surface area contributed by atoms with Crippen LogP contribution >= 0.6 is 0 Å². The van der Waals surface area contributed by atoms with Gasteiger partial charge in [-0.05, 0) is 30.4 Å². The number of hydrogen-bond donors (Lipinski definition) is 1. The van der Waals surface area contributed by atoms with Crippen molar-refractivity contribution < 1.29 is 4.79 Å². The Hall–Kier alpha value is -1.51. The quantitative estimate of drug-likeness (QED) is 0.815. The topological polar surface area (TPSA) is 46.3 Å². The molecule has 0 aliphatic carbocycles. The zero-order valence-corrected chi connectivity index (χ0v) is 11.2. The normalized spacial score (nSPS) is 17.2. The van der Waals surface area contributed by atoms with E-state index in [0.29, 0.717) is 5.92 Å². The van der Waals surface area contributed by atoms with Crippen molar-refractivity contribution in [1.29, 1.82) is 0 Å². The number of nitrogen functional groups attached to an aromatic ring is 1. The van der Waals surface area contributed by atoms with E-state index in [-0.39, 0.29) is 11.8 Å². The van der Waals surface area contributed by atoms with Crippen molar-refractivity contribution in [2.75, 3.05) is 18.8 Å². The van der Waals surface area contributed by atoms with Crippen LogP contribution in [-0.4, -0.2) is 23.9 Å². The van der Waals surface area contributed by atoms with E-state index < -0.39 is 0 Å². The minimum Gasteiger partial charge on any atom is -0.398 e. The number of likely N-dealkylation sites (tertiary alicyclic amines) is 1. The molecule has 2 rings (SSSR count). The van der Waals surface area contributed by atoms with Crippen LogP contribution in [-0.2, 0) is 4.79 Å². The Morgan fingerprint density at radius 2 is 1.89 bits per heavy atom. The first-order chi connectivity index (χ1) is 8.59. The SMILES string of the molecule is CC(C)C(=O)N1CCC(c2ccccc2N)CC1.